The number of carbonyl (C=O) groups is 1. The summed E-state index contributed by atoms with van der Waals surface area (Å²) in [5.41, 5.74) is 2.00. The predicted molar refractivity (Wildman–Crippen MR) is 125 cm³/mol. The number of thiophene rings is 2. The van der Waals surface area contributed by atoms with E-state index in [1.807, 2.05) is 11.3 Å². The van der Waals surface area contributed by atoms with E-state index in [0.717, 1.165) is 13.0 Å². The number of nitrogens with zero attached hydrogens (tertiary/aromatic N) is 1. The van der Waals surface area contributed by atoms with Crippen molar-refractivity contribution in [2.75, 3.05) is 39.7 Å². The first-order chi connectivity index (χ1) is 15.1. The number of rotatable bonds is 8. The Hall–Kier alpha value is -2.55. The summed E-state index contributed by atoms with van der Waals surface area (Å²) >= 11 is 3.60. The standard InChI is InChI=1S/C23H26N2O4S2/c1-27-17-13-15(14-18(28-2)23(17)29-3)24-21(26)7-10-25-9-6-19-16(8-12-31-19)22(25)20-5-4-11-30-20/h4-5,8,11-14,22H,6-7,9-10H2,1-3H3,(H,24,26). The summed E-state index contributed by atoms with van der Waals surface area (Å²) in [5.74, 6) is 1.48. The second-order valence-corrected chi connectivity index (χ2v) is 9.20. The number of hydrogen-bond acceptors (Lipinski definition) is 7. The van der Waals surface area contributed by atoms with Crippen molar-refractivity contribution in [3.63, 3.8) is 0 Å². The van der Waals surface area contributed by atoms with Gasteiger partial charge in [-0.1, -0.05) is 6.07 Å². The summed E-state index contributed by atoms with van der Waals surface area (Å²) < 4.78 is 16.1. The van der Waals surface area contributed by atoms with Crippen LogP contribution in [0, 0.1) is 0 Å². The molecule has 0 fully saturated rings. The molecule has 6 nitrogen and oxygen atoms in total. The van der Waals surface area contributed by atoms with Crippen LogP contribution in [-0.2, 0) is 11.2 Å². The molecular weight excluding hydrogens is 432 g/mol. The summed E-state index contributed by atoms with van der Waals surface area (Å²) in [7, 11) is 4.67. The van der Waals surface area contributed by atoms with E-state index in [-0.39, 0.29) is 11.9 Å². The maximum atomic E-state index is 12.8. The summed E-state index contributed by atoms with van der Waals surface area (Å²) in [6.45, 7) is 1.64. The molecule has 2 aromatic heterocycles. The van der Waals surface area contributed by atoms with Gasteiger partial charge >= 0.3 is 0 Å². The minimum atomic E-state index is -0.0460. The van der Waals surface area contributed by atoms with E-state index >= 15 is 0 Å². The van der Waals surface area contributed by atoms with Gasteiger partial charge in [-0.2, -0.15) is 0 Å². The van der Waals surface area contributed by atoms with Gasteiger partial charge in [0.25, 0.3) is 0 Å². The molecule has 0 radical (unpaired) electrons. The summed E-state index contributed by atoms with van der Waals surface area (Å²) in [6, 6.07) is 10.2. The average Bonchev–Trinajstić information content (AvgIpc) is 3.48. The highest BCUT2D eigenvalue weighted by Gasteiger charge is 2.30. The van der Waals surface area contributed by atoms with E-state index in [4.69, 9.17) is 14.2 Å². The molecule has 3 aromatic rings. The lowest BCUT2D eigenvalue weighted by molar-refractivity contribution is -0.116. The molecule has 0 saturated carbocycles. The third-order valence-electron chi connectivity index (χ3n) is 5.45. The Morgan fingerprint density at radius 1 is 1.10 bits per heavy atom. The van der Waals surface area contributed by atoms with Crippen molar-refractivity contribution in [3.8, 4) is 17.2 Å². The van der Waals surface area contributed by atoms with E-state index < -0.39 is 0 Å². The van der Waals surface area contributed by atoms with Gasteiger partial charge in [-0.15, -0.1) is 22.7 Å². The molecule has 0 bridgehead atoms. The Bertz CT molecular complexity index is 1010. The average molecular weight is 459 g/mol. The number of benzene rings is 1. The highest BCUT2D eigenvalue weighted by Crippen LogP contribution is 2.41. The van der Waals surface area contributed by atoms with Crippen molar-refractivity contribution in [1.82, 2.24) is 4.90 Å². The van der Waals surface area contributed by atoms with E-state index in [0.29, 0.717) is 35.9 Å². The molecule has 1 aliphatic heterocycles. The highest BCUT2D eigenvalue weighted by molar-refractivity contribution is 7.10. The molecule has 0 spiro atoms. The topological polar surface area (TPSA) is 60.0 Å². The molecule has 31 heavy (non-hydrogen) atoms. The zero-order valence-corrected chi connectivity index (χ0v) is 19.5. The normalized spacial score (nSPS) is 15.9. The first-order valence-corrected chi connectivity index (χ1v) is 11.8. The molecule has 1 atom stereocenters. The smallest absolute Gasteiger partial charge is 0.225 e. The monoisotopic (exact) mass is 458 g/mol. The maximum absolute atomic E-state index is 12.8. The number of ether oxygens (including phenoxy) is 3. The van der Waals surface area contributed by atoms with Crippen LogP contribution in [0.4, 0.5) is 5.69 Å². The third-order valence-corrected chi connectivity index (χ3v) is 7.37. The van der Waals surface area contributed by atoms with Gasteiger partial charge in [-0.25, -0.2) is 0 Å². The molecule has 1 amide bonds. The number of anilines is 1. The molecule has 3 heterocycles. The summed E-state index contributed by atoms with van der Waals surface area (Å²) in [6.07, 6.45) is 1.43. The van der Waals surface area contributed by atoms with Crippen LogP contribution in [0.1, 0.15) is 27.8 Å². The molecule has 8 heteroatoms. The van der Waals surface area contributed by atoms with Crippen LogP contribution in [0.15, 0.2) is 41.1 Å². The van der Waals surface area contributed by atoms with Crippen molar-refractivity contribution < 1.29 is 19.0 Å². The Kier molecular flexibility index (Phi) is 6.80. The van der Waals surface area contributed by atoms with Crippen LogP contribution in [0.25, 0.3) is 0 Å². The van der Waals surface area contributed by atoms with Crippen molar-refractivity contribution in [2.24, 2.45) is 0 Å². The maximum Gasteiger partial charge on any atom is 0.225 e. The Morgan fingerprint density at radius 3 is 2.52 bits per heavy atom. The predicted octanol–water partition coefficient (Wildman–Crippen LogP) is 4.81. The molecular formula is C23H26N2O4S2. The molecule has 4 rings (SSSR count). The second-order valence-electron chi connectivity index (χ2n) is 7.22. The van der Waals surface area contributed by atoms with Gasteiger partial charge in [0, 0.05) is 47.1 Å². The lowest BCUT2D eigenvalue weighted by atomic mass is 9.98. The minimum absolute atomic E-state index is 0.0460. The summed E-state index contributed by atoms with van der Waals surface area (Å²) in [5, 5.41) is 7.26. The number of nitrogens with one attached hydrogen (secondary N) is 1. The lowest BCUT2D eigenvalue weighted by Gasteiger charge is -2.35. The number of fused-ring (bicyclic) bond motifs is 1. The van der Waals surface area contributed by atoms with Crippen LogP contribution in [0.3, 0.4) is 0 Å². The molecule has 1 N–H and O–H groups in total. The van der Waals surface area contributed by atoms with Gasteiger partial charge in [0.15, 0.2) is 11.5 Å². The van der Waals surface area contributed by atoms with Crippen LogP contribution in [0.2, 0.25) is 0 Å². The zero-order valence-electron chi connectivity index (χ0n) is 17.8. The molecule has 1 aliphatic rings. The first-order valence-electron chi connectivity index (χ1n) is 10.1. The quantitative estimate of drug-likeness (QED) is 0.525. The Balaban J connectivity index is 1.45. The lowest BCUT2D eigenvalue weighted by Crippen LogP contribution is -2.37. The molecule has 0 aliphatic carbocycles. The zero-order chi connectivity index (χ0) is 21.8. The fraction of sp³-hybridized carbons (Fsp3) is 0.348. The molecule has 1 unspecified atom stereocenters. The van der Waals surface area contributed by atoms with Crippen LogP contribution in [0.5, 0.6) is 17.2 Å². The van der Waals surface area contributed by atoms with E-state index in [1.165, 1.54) is 15.3 Å². The van der Waals surface area contributed by atoms with E-state index in [2.05, 4.69) is 39.2 Å². The van der Waals surface area contributed by atoms with E-state index in [9.17, 15) is 4.79 Å². The first kappa shape index (κ1) is 21.7. The highest BCUT2D eigenvalue weighted by atomic mass is 32.1. The summed E-state index contributed by atoms with van der Waals surface area (Å²) in [4.78, 5) is 17.9. The Labute approximate surface area is 190 Å². The van der Waals surface area contributed by atoms with Gasteiger partial charge in [0.1, 0.15) is 0 Å². The van der Waals surface area contributed by atoms with Gasteiger partial charge < -0.3 is 19.5 Å². The number of carbonyl (C=O) groups excluding carboxylic acids is 1. The van der Waals surface area contributed by atoms with Crippen molar-refractivity contribution in [3.05, 3.63) is 56.4 Å². The number of methoxy groups -OCH3 is 3. The van der Waals surface area contributed by atoms with E-state index in [1.54, 1.807) is 44.8 Å². The minimum Gasteiger partial charge on any atom is -0.493 e. The van der Waals surface area contributed by atoms with Crippen LogP contribution in [-0.4, -0.2) is 45.2 Å². The molecule has 0 saturated heterocycles. The van der Waals surface area contributed by atoms with Crippen molar-refractivity contribution >= 4 is 34.3 Å². The molecule has 1 aromatic carbocycles. The fourth-order valence-corrected chi connectivity index (χ4v) is 5.79. The van der Waals surface area contributed by atoms with Gasteiger partial charge in [-0.3, -0.25) is 9.69 Å². The fourth-order valence-electron chi connectivity index (χ4n) is 4.01. The third kappa shape index (κ3) is 4.56. The van der Waals surface area contributed by atoms with Crippen molar-refractivity contribution in [1.29, 1.82) is 0 Å². The molecule has 164 valence electrons. The van der Waals surface area contributed by atoms with Gasteiger partial charge in [-0.05, 0) is 34.9 Å². The Morgan fingerprint density at radius 2 is 1.87 bits per heavy atom. The number of hydrogen-bond donors (Lipinski definition) is 1. The van der Waals surface area contributed by atoms with Gasteiger partial charge in [0.05, 0.1) is 27.4 Å². The SMILES string of the molecule is COc1cc(NC(=O)CCN2CCc3sccc3C2c2cccs2)cc(OC)c1OC. The van der Waals surface area contributed by atoms with Crippen molar-refractivity contribution in [2.45, 2.75) is 18.9 Å². The number of amides is 1. The largest absolute Gasteiger partial charge is 0.493 e. The second kappa shape index (κ2) is 9.72. The van der Waals surface area contributed by atoms with Crippen LogP contribution >= 0.6 is 22.7 Å². The van der Waals surface area contributed by atoms with Crippen LogP contribution < -0.4 is 19.5 Å². The van der Waals surface area contributed by atoms with Gasteiger partial charge in [0.2, 0.25) is 11.7 Å².